The van der Waals surface area contributed by atoms with Crippen LogP contribution >= 0.6 is 0 Å². The summed E-state index contributed by atoms with van der Waals surface area (Å²) in [6.45, 7) is 0. The van der Waals surface area contributed by atoms with Crippen molar-refractivity contribution in [3.05, 3.63) is 82.9 Å². The van der Waals surface area contributed by atoms with Gasteiger partial charge in [0.2, 0.25) is 0 Å². The maximum absolute atomic E-state index is 12.8. The smallest absolute Gasteiger partial charge is 0.262 e. The molecule has 2 aromatic rings. The van der Waals surface area contributed by atoms with Gasteiger partial charge in [0.25, 0.3) is 23.6 Å². The molecule has 0 bridgehead atoms. The lowest BCUT2D eigenvalue weighted by Gasteiger charge is -2.29. The Labute approximate surface area is 173 Å². The van der Waals surface area contributed by atoms with E-state index in [4.69, 9.17) is 0 Å². The third kappa shape index (κ3) is 2.71. The van der Waals surface area contributed by atoms with Crippen LogP contribution in [0.15, 0.2) is 60.7 Å². The molecule has 2 aromatic carbocycles. The average Bonchev–Trinajstić information content (AvgIpc) is 3.15. The van der Waals surface area contributed by atoms with Gasteiger partial charge in [-0.1, -0.05) is 49.3 Å². The number of hydrogen-bond acceptors (Lipinski definition) is 4. The minimum absolute atomic E-state index is 0.289. The Morgan fingerprint density at radius 1 is 0.533 bits per heavy atom. The van der Waals surface area contributed by atoms with Crippen molar-refractivity contribution in [1.29, 1.82) is 0 Å². The van der Waals surface area contributed by atoms with E-state index in [2.05, 4.69) is 0 Å². The maximum atomic E-state index is 12.8. The number of carbonyl (C=O) groups excluding carboxylic acids is 4. The Balaban J connectivity index is 1.43. The third-order valence-electron chi connectivity index (χ3n) is 6.12. The molecule has 30 heavy (non-hydrogen) atoms. The molecule has 0 radical (unpaired) electrons. The lowest BCUT2D eigenvalue weighted by molar-refractivity contribution is 0.0570. The molecular weight excluding hydrogens is 380 g/mol. The van der Waals surface area contributed by atoms with Crippen molar-refractivity contribution in [2.24, 2.45) is 0 Å². The van der Waals surface area contributed by atoms with Crippen molar-refractivity contribution in [2.75, 3.05) is 0 Å². The predicted molar refractivity (Wildman–Crippen MR) is 109 cm³/mol. The van der Waals surface area contributed by atoms with E-state index in [1.807, 2.05) is 12.2 Å². The van der Waals surface area contributed by atoms with Gasteiger partial charge in [-0.25, -0.2) is 0 Å². The van der Waals surface area contributed by atoms with Gasteiger partial charge in [0, 0.05) is 0 Å². The molecule has 0 fully saturated rings. The summed E-state index contributed by atoms with van der Waals surface area (Å²) in [5, 5.41) is 0. The molecule has 2 unspecified atom stereocenters. The third-order valence-corrected chi connectivity index (χ3v) is 6.12. The van der Waals surface area contributed by atoms with Crippen LogP contribution in [0.25, 0.3) is 0 Å². The second kappa shape index (κ2) is 7.06. The van der Waals surface area contributed by atoms with Crippen LogP contribution in [-0.4, -0.2) is 45.5 Å². The maximum Gasteiger partial charge on any atom is 0.262 e. The first-order valence-electron chi connectivity index (χ1n) is 10.2. The van der Waals surface area contributed by atoms with Crippen LogP contribution in [0.4, 0.5) is 0 Å². The van der Waals surface area contributed by atoms with Crippen LogP contribution in [0.5, 0.6) is 0 Å². The number of benzene rings is 2. The summed E-state index contributed by atoms with van der Waals surface area (Å²) in [6.07, 6.45) is 6.54. The zero-order chi connectivity index (χ0) is 20.8. The number of nitrogens with zero attached hydrogens (tertiary/aromatic N) is 2. The molecule has 4 amide bonds. The number of imide groups is 2. The van der Waals surface area contributed by atoms with E-state index in [-0.39, 0.29) is 23.6 Å². The molecule has 0 saturated carbocycles. The Morgan fingerprint density at radius 2 is 0.833 bits per heavy atom. The molecule has 2 atom stereocenters. The molecule has 6 heteroatoms. The minimum atomic E-state index is -0.393. The van der Waals surface area contributed by atoms with Crippen LogP contribution in [-0.2, 0) is 0 Å². The molecule has 2 heterocycles. The highest BCUT2D eigenvalue weighted by atomic mass is 16.2. The zero-order valence-corrected chi connectivity index (χ0v) is 16.3. The van der Waals surface area contributed by atoms with Gasteiger partial charge in [-0.05, 0) is 37.1 Å². The SMILES string of the molecule is O=C1c2ccccc2C(=O)N1C1C=CC(N2C(=O)c3ccccc3C2=O)CCCC1. The number of amides is 4. The van der Waals surface area contributed by atoms with E-state index in [9.17, 15) is 19.2 Å². The molecule has 0 spiro atoms. The summed E-state index contributed by atoms with van der Waals surface area (Å²) in [5.41, 5.74) is 1.70. The van der Waals surface area contributed by atoms with Crippen molar-refractivity contribution in [2.45, 2.75) is 37.8 Å². The van der Waals surface area contributed by atoms with E-state index in [1.165, 1.54) is 9.80 Å². The molecule has 2 aliphatic heterocycles. The predicted octanol–water partition coefficient (Wildman–Crippen LogP) is 3.45. The van der Waals surface area contributed by atoms with Gasteiger partial charge in [-0.15, -0.1) is 0 Å². The molecule has 150 valence electrons. The summed E-state index contributed by atoms with van der Waals surface area (Å²) < 4.78 is 0. The standard InChI is InChI=1S/C24H20N2O4/c27-21-17-9-3-4-10-18(17)22(28)25(21)15-7-1-2-8-16(14-13-15)26-23(29)19-11-5-6-12-20(19)24(26)30/h3-6,9-16H,1-2,7-8H2. The highest BCUT2D eigenvalue weighted by molar-refractivity contribution is 6.22. The van der Waals surface area contributed by atoms with Crippen molar-refractivity contribution in [3.63, 3.8) is 0 Å². The minimum Gasteiger partial charge on any atom is -0.269 e. The summed E-state index contributed by atoms with van der Waals surface area (Å²) in [7, 11) is 0. The van der Waals surface area contributed by atoms with Crippen LogP contribution in [0.1, 0.15) is 67.1 Å². The second-order valence-electron chi connectivity index (χ2n) is 7.86. The largest absolute Gasteiger partial charge is 0.269 e. The van der Waals surface area contributed by atoms with Crippen molar-refractivity contribution in [1.82, 2.24) is 9.80 Å². The fourth-order valence-corrected chi connectivity index (χ4v) is 4.60. The fraction of sp³-hybridized carbons (Fsp3) is 0.250. The summed E-state index contributed by atoms with van der Waals surface area (Å²) in [4.78, 5) is 54.0. The molecular formula is C24H20N2O4. The van der Waals surface area contributed by atoms with Crippen molar-refractivity contribution in [3.8, 4) is 0 Å². The highest BCUT2D eigenvalue weighted by Gasteiger charge is 2.41. The first-order valence-corrected chi connectivity index (χ1v) is 10.2. The zero-order valence-electron chi connectivity index (χ0n) is 16.3. The number of rotatable bonds is 2. The lowest BCUT2D eigenvalue weighted by atomic mass is 9.97. The average molecular weight is 400 g/mol. The highest BCUT2D eigenvalue weighted by Crippen LogP contribution is 2.31. The topological polar surface area (TPSA) is 74.8 Å². The first-order chi connectivity index (χ1) is 14.6. The second-order valence-corrected chi connectivity index (χ2v) is 7.86. The normalized spacial score (nSPS) is 23.5. The number of fused-ring (bicyclic) bond motifs is 2. The van der Waals surface area contributed by atoms with Crippen LogP contribution < -0.4 is 0 Å². The molecule has 3 aliphatic rings. The van der Waals surface area contributed by atoms with Crippen LogP contribution in [0.2, 0.25) is 0 Å². The van der Waals surface area contributed by atoms with E-state index in [0.717, 1.165) is 12.8 Å². The summed E-state index contributed by atoms with van der Waals surface area (Å²) >= 11 is 0. The van der Waals surface area contributed by atoms with Gasteiger partial charge in [0.1, 0.15) is 0 Å². The van der Waals surface area contributed by atoms with E-state index in [0.29, 0.717) is 35.1 Å². The van der Waals surface area contributed by atoms with E-state index in [1.54, 1.807) is 48.5 Å². The number of carbonyl (C=O) groups is 4. The van der Waals surface area contributed by atoms with E-state index < -0.39 is 12.1 Å². The monoisotopic (exact) mass is 400 g/mol. The van der Waals surface area contributed by atoms with Crippen molar-refractivity contribution >= 4 is 23.6 Å². The van der Waals surface area contributed by atoms with Gasteiger partial charge in [-0.2, -0.15) is 0 Å². The molecule has 1 aliphatic carbocycles. The fourth-order valence-electron chi connectivity index (χ4n) is 4.60. The van der Waals surface area contributed by atoms with Crippen molar-refractivity contribution < 1.29 is 19.2 Å². The van der Waals surface area contributed by atoms with Gasteiger partial charge in [0.15, 0.2) is 0 Å². The van der Waals surface area contributed by atoms with E-state index >= 15 is 0 Å². The molecule has 0 aromatic heterocycles. The van der Waals surface area contributed by atoms with Gasteiger partial charge in [0.05, 0.1) is 34.3 Å². The first kappa shape index (κ1) is 18.5. The Hall–Kier alpha value is -3.54. The Kier molecular flexibility index (Phi) is 4.35. The molecule has 5 rings (SSSR count). The molecule has 6 nitrogen and oxygen atoms in total. The summed E-state index contributed by atoms with van der Waals surface area (Å²) in [5.74, 6) is -1.16. The molecule has 0 N–H and O–H groups in total. The van der Waals surface area contributed by atoms with Gasteiger partial charge >= 0.3 is 0 Å². The quantitative estimate of drug-likeness (QED) is 0.572. The Bertz CT molecular complexity index is 962. The van der Waals surface area contributed by atoms with Gasteiger partial charge in [-0.3, -0.25) is 29.0 Å². The van der Waals surface area contributed by atoms with Gasteiger partial charge < -0.3 is 0 Å². The number of hydrogen-bond donors (Lipinski definition) is 0. The molecule has 0 saturated heterocycles. The Morgan fingerprint density at radius 3 is 1.13 bits per heavy atom. The van der Waals surface area contributed by atoms with Crippen LogP contribution in [0.3, 0.4) is 0 Å². The summed E-state index contributed by atoms with van der Waals surface area (Å²) in [6, 6.07) is 12.9. The lowest BCUT2D eigenvalue weighted by Crippen LogP contribution is -2.42. The van der Waals surface area contributed by atoms with Crippen LogP contribution in [0, 0.1) is 0 Å².